The van der Waals surface area contributed by atoms with Crippen molar-refractivity contribution in [2.24, 2.45) is 0 Å². The van der Waals surface area contributed by atoms with Gasteiger partial charge in [-0.25, -0.2) is 4.98 Å². The Morgan fingerprint density at radius 1 is 0.620 bits per heavy atom. The van der Waals surface area contributed by atoms with Gasteiger partial charge in [0.15, 0.2) is 0 Å². The number of pyridine rings is 4. The molecule has 8 rings (SSSR count). The number of aryl methyl sites for hydroxylation is 7. The average Bonchev–Trinajstić information content (AvgIpc) is 3.95. The van der Waals surface area contributed by atoms with Crippen LogP contribution in [0.25, 0.3) is 0 Å². The Labute approximate surface area is 329 Å². The van der Waals surface area contributed by atoms with Crippen LogP contribution in [0.4, 0.5) is 22.7 Å². The molecule has 0 aromatic carbocycles. The fourth-order valence-corrected chi connectivity index (χ4v) is 8.62. The molecule has 0 saturated carbocycles. The van der Waals surface area contributed by atoms with E-state index in [2.05, 4.69) is 101 Å². The molecule has 270 valence electrons. The van der Waals surface area contributed by atoms with Crippen LogP contribution in [-0.2, 0) is 64.2 Å². The minimum Gasteiger partial charge on any atom is -0.397 e. The topological polar surface area (TPSA) is 156 Å². The van der Waals surface area contributed by atoms with E-state index in [-0.39, 0.29) is 0 Å². The van der Waals surface area contributed by atoms with Crippen LogP contribution in [0.15, 0.2) is 21.3 Å². The fraction of sp³-hybridized carbons (Fsp3) is 0.474. The Morgan fingerprint density at radius 2 is 1.18 bits per heavy atom. The lowest BCUT2D eigenvalue weighted by Gasteiger charge is -2.13. The number of anilines is 4. The summed E-state index contributed by atoms with van der Waals surface area (Å²) in [7, 11) is 0. The van der Waals surface area contributed by atoms with Crippen molar-refractivity contribution >= 4 is 82.9 Å². The first-order chi connectivity index (χ1) is 24.0. The zero-order valence-corrected chi connectivity index (χ0v) is 36.0. The molecule has 4 aromatic rings. The van der Waals surface area contributed by atoms with Crippen molar-refractivity contribution < 1.29 is 0 Å². The highest BCUT2D eigenvalue weighted by Crippen LogP contribution is 2.36. The van der Waals surface area contributed by atoms with Crippen LogP contribution in [0, 0.1) is 13.8 Å². The van der Waals surface area contributed by atoms with Crippen LogP contribution in [0.3, 0.4) is 0 Å². The molecule has 8 nitrogen and oxygen atoms in total. The third kappa shape index (κ3) is 9.38. The lowest BCUT2D eigenvalue weighted by molar-refractivity contribution is 0.891. The maximum Gasteiger partial charge on any atom is 0.130 e. The zero-order chi connectivity index (χ0) is 36.5. The van der Waals surface area contributed by atoms with E-state index < -0.39 is 0 Å². The molecule has 0 fully saturated rings. The number of nitrogens with two attached hydrogens (primary N) is 4. The molecule has 0 spiro atoms. The predicted octanol–water partition coefficient (Wildman–Crippen LogP) is 9.57. The SMILES string of the molecule is BrBr.CCc1nc2c(c(CC)c1N)CCC2.Cc1nc2c(c(C)c1N)CCC2.Nc1c(Br)nc2c(c1Br)CCC2.Nc1cnc2c(c1)CCC2. The van der Waals surface area contributed by atoms with E-state index in [1.165, 1.54) is 94.7 Å². The Hall–Kier alpha value is -2.28. The summed E-state index contributed by atoms with van der Waals surface area (Å²) in [6.07, 6.45) is 17.8. The lowest BCUT2D eigenvalue weighted by atomic mass is 10.0. The molecule has 12 heteroatoms. The lowest BCUT2D eigenvalue weighted by Crippen LogP contribution is -2.06. The van der Waals surface area contributed by atoms with E-state index in [4.69, 9.17) is 22.9 Å². The van der Waals surface area contributed by atoms with E-state index in [9.17, 15) is 0 Å². The third-order valence-corrected chi connectivity index (χ3v) is 11.5. The standard InChI is InChI=1S/C12H18N2.C10H14N2.C8H8Br2N2.C8H10N2.Br2/c1-3-8-9-6-5-7-11(9)14-10(4-2)12(8)13;1-6-8-4-3-5-9(8)12-7(2)10(6)11;9-6-4-2-1-3-5(4)12-8(10)7(6)11;9-7-4-6-2-1-3-8(6)10-5-7;1-2/h3-7,13H2,1-2H3;3-5,11H2,1-2H3;1-3,11H2;4-5H,1-3,9H2;. The molecule has 0 atom stereocenters. The van der Waals surface area contributed by atoms with E-state index in [1.807, 2.05) is 13.0 Å². The molecule has 50 heavy (non-hydrogen) atoms. The van der Waals surface area contributed by atoms with Gasteiger partial charge in [-0.15, -0.1) is 0 Å². The largest absolute Gasteiger partial charge is 0.397 e. The van der Waals surface area contributed by atoms with E-state index in [1.54, 1.807) is 6.20 Å². The second-order valence-electron chi connectivity index (χ2n) is 13.1. The number of halogens is 4. The van der Waals surface area contributed by atoms with Gasteiger partial charge in [0, 0.05) is 55.5 Å². The number of aromatic nitrogens is 4. The molecule has 0 saturated heterocycles. The quantitative estimate of drug-likeness (QED) is 0.145. The maximum atomic E-state index is 6.11. The van der Waals surface area contributed by atoms with Crippen LogP contribution >= 0.6 is 60.1 Å². The van der Waals surface area contributed by atoms with Crippen molar-refractivity contribution in [1.29, 1.82) is 0 Å². The van der Waals surface area contributed by atoms with Crippen LogP contribution < -0.4 is 22.9 Å². The molecule has 0 radical (unpaired) electrons. The van der Waals surface area contributed by atoms with E-state index in [0.717, 1.165) is 94.6 Å². The Balaban J connectivity index is 0.000000148. The molecule has 0 unspecified atom stereocenters. The summed E-state index contributed by atoms with van der Waals surface area (Å²) in [6, 6.07) is 2.04. The summed E-state index contributed by atoms with van der Waals surface area (Å²) in [4.78, 5) is 17.8. The van der Waals surface area contributed by atoms with Gasteiger partial charge in [0.05, 0.1) is 40.3 Å². The molecular formula is C38H50Br4N8. The minimum absolute atomic E-state index is 0.718. The molecule has 0 aliphatic heterocycles. The number of rotatable bonds is 2. The number of nitrogen functional groups attached to an aromatic ring is 4. The Kier molecular flexibility index (Phi) is 15.4. The number of hydrogen-bond donors (Lipinski definition) is 4. The monoisotopic (exact) mass is 934 g/mol. The smallest absolute Gasteiger partial charge is 0.130 e. The molecule has 4 aliphatic carbocycles. The van der Waals surface area contributed by atoms with Crippen LogP contribution in [0.5, 0.6) is 0 Å². The van der Waals surface area contributed by atoms with Crippen LogP contribution in [0.1, 0.15) is 107 Å². The van der Waals surface area contributed by atoms with Gasteiger partial charge >= 0.3 is 0 Å². The number of nitrogens with zero attached hydrogens (tertiary/aromatic N) is 4. The summed E-state index contributed by atoms with van der Waals surface area (Å²) in [5.41, 5.74) is 41.9. The molecule has 0 amide bonds. The third-order valence-electron chi connectivity index (χ3n) is 9.97. The van der Waals surface area contributed by atoms with Gasteiger partial charge in [-0.1, -0.05) is 13.8 Å². The summed E-state index contributed by atoms with van der Waals surface area (Å²) in [5, 5.41) is 0. The molecule has 4 aromatic heterocycles. The van der Waals surface area contributed by atoms with Gasteiger partial charge in [0.1, 0.15) is 4.60 Å². The highest BCUT2D eigenvalue weighted by Gasteiger charge is 2.21. The van der Waals surface area contributed by atoms with Gasteiger partial charge in [-0.05, 0) is 175 Å². The first-order valence-electron chi connectivity index (χ1n) is 17.6. The Morgan fingerprint density at radius 3 is 1.82 bits per heavy atom. The number of hydrogen-bond acceptors (Lipinski definition) is 8. The number of fused-ring (bicyclic) bond motifs is 4. The molecule has 0 bridgehead atoms. The van der Waals surface area contributed by atoms with Crippen molar-refractivity contribution in [3.8, 4) is 0 Å². The van der Waals surface area contributed by atoms with Gasteiger partial charge in [0.2, 0.25) is 0 Å². The van der Waals surface area contributed by atoms with Gasteiger partial charge in [0.25, 0.3) is 0 Å². The first kappa shape index (κ1) is 40.5. The maximum absolute atomic E-state index is 6.11. The van der Waals surface area contributed by atoms with Crippen LogP contribution in [0.2, 0.25) is 0 Å². The molecule has 8 N–H and O–H groups in total. The summed E-state index contributed by atoms with van der Waals surface area (Å²) < 4.78 is 1.78. The van der Waals surface area contributed by atoms with Crippen molar-refractivity contribution in [2.75, 3.05) is 22.9 Å². The fourth-order valence-electron chi connectivity index (χ4n) is 7.33. The second-order valence-corrected chi connectivity index (χ2v) is 14.6. The van der Waals surface area contributed by atoms with Crippen molar-refractivity contribution in [2.45, 2.75) is 118 Å². The highest BCUT2D eigenvalue weighted by atomic mass is 80.9. The minimum atomic E-state index is 0.718. The zero-order valence-electron chi connectivity index (χ0n) is 29.7. The first-order valence-corrected chi connectivity index (χ1v) is 22.9. The van der Waals surface area contributed by atoms with Crippen molar-refractivity contribution in [3.63, 3.8) is 0 Å². The van der Waals surface area contributed by atoms with Crippen molar-refractivity contribution in [1.82, 2.24) is 19.9 Å². The molecule has 4 heterocycles. The van der Waals surface area contributed by atoms with Crippen LogP contribution in [-0.4, -0.2) is 19.9 Å². The molecular weight excluding hydrogens is 888 g/mol. The van der Waals surface area contributed by atoms with Gasteiger partial charge in [-0.2, -0.15) is 0 Å². The van der Waals surface area contributed by atoms with Gasteiger partial charge < -0.3 is 22.9 Å². The second kappa shape index (κ2) is 19.0. The van der Waals surface area contributed by atoms with E-state index >= 15 is 0 Å². The summed E-state index contributed by atoms with van der Waals surface area (Å²) >= 11 is 12.3. The highest BCUT2D eigenvalue weighted by molar-refractivity contribution is 9.93. The molecule has 4 aliphatic rings. The van der Waals surface area contributed by atoms with E-state index in [0.29, 0.717) is 0 Å². The summed E-state index contributed by atoms with van der Waals surface area (Å²) in [5.74, 6) is 0. The summed E-state index contributed by atoms with van der Waals surface area (Å²) in [6.45, 7) is 8.40. The van der Waals surface area contributed by atoms with Crippen molar-refractivity contribution in [3.05, 3.63) is 88.9 Å². The Bertz CT molecular complexity index is 1740. The normalized spacial score (nSPS) is 14.3. The van der Waals surface area contributed by atoms with Gasteiger partial charge in [-0.3, -0.25) is 15.0 Å². The predicted molar refractivity (Wildman–Crippen MR) is 224 cm³/mol. The average molecular weight is 938 g/mol.